The second kappa shape index (κ2) is 6.38. The van der Waals surface area contributed by atoms with Gasteiger partial charge in [-0.3, -0.25) is 0 Å². The summed E-state index contributed by atoms with van der Waals surface area (Å²) in [6, 6.07) is 4.78. The van der Waals surface area contributed by atoms with Crippen LogP contribution in [0.2, 0.25) is 0 Å². The number of ether oxygens (including phenoxy) is 1. The molecule has 1 aliphatic rings. The van der Waals surface area contributed by atoms with Crippen LogP contribution in [0.25, 0.3) is 0 Å². The van der Waals surface area contributed by atoms with E-state index in [2.05, 4.69) is 6.92 Å². The van der Waals surface area contributed by atoms with Gasteiger partial charge in [0.15, 0.2) is 11.6 Å². The van der Waals surface area contributed by atoms with Crippen LogP contribution in [0.1, 0.15) is 57.6 Å². The predicted molar refractivity (Wildman–Crippen MR) is 75.7 cm³/mol. The maximum atomic E-state index is 14.0. The van der Waals surface area contributed by atoms with Crippen molar-refractivity contribution in [3.63, 3.8) is 0 Å². The second-order valence-corrected chi connectivity index (χ2v) is 5.56. The van der Waals surface area contributed by atoms with Gasteiger partial charge in [0.1, 0.15) is 6.10 Å². The van der Waals surface area contributed by atoms with E-state index in [0.29, 0.717) is 11.7 Å². The lowest BCUT2D eigenvalue weighted by Crippen LogP contribution is -2.30. The highest BCUT2D eigenvalue weighted by Crippen LogP contribution is 2.34. The lowest BCUT2D eigenvalue weighted by Gasteiger charge is -2.32. The maximum Gasteiger partial charge on any atom is 0.165 e. The standard InChI is InChI=1S/C16H24FNO/c1-3-12-7-4-5-10-15(12)19-16-13(11(2)18)8-6-9-14(16)17/h6,8-9,11-12,15H,3-5,7,10,18H2,1-2H3. The largest absolute Gasteiger partial charge is 0.487 e. The van der Waals surface area contributed by atoms with Crippen molar-refractivity contribution in [1.82, 2.24) is 0 Å². The molecule has 0 aromatic heterocycles. The van der Waals surface area contributed by atoms with E-state index in [9.17, 15) is 4.39 Å². The summed E-state index contributed by atoms with van der Waals surface area (Å²) < 4.78 is 20.0. The Kier molecular flexibility index (Phi) is 4.81. The summed E-state index contributed by atoms with van der Waals surface area (Å²) in [6.07, 6.45) is 5.85. The maximum absolute atomic E-state index is 14.0. The average Bonchev–Trinajstić information content (AvgIpc) is 2.41. The van der Waals surface area contributed by atoms with Crippen molar-refractivity contribution in [2.45, 2.75) is 58.1 Å². The van der Waals surface area contributed by atoms with Crippen molar-refractivity contribution in [1.29, 1.82) is 0 Å². The van der Waals surface area contributed by atoms with Crippen molar-refractivity contribution in [2.75, 3.05) is 0 Å². The molecule has 0 saturated heterocycles. The summed E-state index contributed by atoms with van der Waals surface area (Å²) in [4.78, 5) is 0. The van der Waals surface area contributed by atoms with E-state index in [1.54, 1.807) is 6.07 Å². The average molecular weight is 265 g/mol. The minimum atomic E-state index is -0.296. The quantitative estimate of drug-likeness (QED) is 0.885. The number of nitrogens with two attached hydrogens (primary N) is 1. The lowest BCUT2D eigenvalue weighted by atomic mass is 9.84. The summed E-state index contributed by atoms with van der Waals surface area (Å²) >= 11 is 0. The third kappa shape index (κ3) is 3.27. The molecule has 1 aromatic rings. The third-order valence-corrected chi connectivity index (χ3v) is 4.12. The first-order valence-electron chi connectivity index (χ1n) is 7.34. The van der Waals surface area contributed by atoms with Crippen molar-refractivity contribution < 1.29 is 9.13 Å². The minimum absolute atomic E-state index is 0.133. The topological polar surface area (TPSA) is 35.2 Å². The molecule has 0 heterocycles. The summed E-state index contributed by atoms with van der Waals surface area (Å²) in [6.45, 7) is 4.04. The second-order valence-electron chi connectivity index (χ2n) is 5.56. The van der Waals surface area contributed by atoms with Crippen LogP contribution in [0, 0.1) is 11.7 Å². The van der Waals surface area contributed by atoms with Crippen LogP contribution >= 0.6 is 0 Å². The highest BCUT2D eigenvalue weighted by molar-refractivity contribution is 5.37. The Morgan fingerprint density at radius 2 is 2.11 bits per heavy atom. The fourth-order valence-electron chi connectivity index (χ4n) is 2.96. The molecule has 2 nitrogen and oxygen atoms in total. The Morgan fingerprint density at radius 1 is 1.37 bits per heavy atom. The van der Waals surface area contributed by atoms with E-state index in [-0.39, 0.29) is 18.0 Å². The molecule has 1 saturated carbocycles. The zero-order chi connectivity index (χ0) is 13.8. The highest BCUT2D eigenvalue weighted by Gasteiger charge is 2.27. The van der Waals surface area contributed by atoms with E-state index in [1.807, 2.05) is 13.0 Å². The van der Waals surface area contributed by atoms with Crippen LogP contribution < -0.4 is 10.5 Å². The molecule has 3 heteroatoms. The zero-order valence-corrected chi connectivity index (χ0v) is 11.9. The lowest BCUT2D eigenvalue weighted by molar-refractivity contribution is 0.0849. The normalized spacial score (nSPS) is 25.1. The zero-order valence-electron chi connectivity index (χ0n) is 11.9. The van der Waals surface area contributed by atoms with E-state index >= 15 is 0 Å². The van der Waals surface area contributed by atoms with Gasteiger partial charge in [-0.15, -0.1) is 0 Å². The summed E-state index contributed by atoms with van der Waals surface area (Å²) in [5, 5.41) is 0. The molecule has 1 fully saturated rings. The molecular formula is C16H24FNO. The number of benzene rings is 1. The fourth-order valence-corrected chi connectivity index (χ4v) is 2.96. The SMILES string of the molecule is CCC1CCCCC1Oc1c(F)cccc1C(C)N. The number of rotatable bonds is 4. The number of hydrogen-bond donors (Lipinski definition) is 1. The van der Waals surface area contributed by atoms with Crippen LogP contribution in [0.15, 0.2) is 18.2 Å². The molecule has 19 heavy (non-hydrogen) atoms. The van der Waals surface area contributed by atoms with Crippen molar-refractivity contribution >= 4 is 0 Å². The number of hydrogen-bond acceptors (Lipinski definition) is 2. The number of para-hydroxylation sites is 1. The smallest absolute Gasteiger partial charge is 0.165 e. The Balaban J connectivity index is 2.22. The first-order chi connectivity index (χ1) is 9.13. The van der Waals surface area contributed by atoms with Gasteiger partial charge in [-0.1, -0.05) is 25.5 Å². The molecule has 106 valence electrons. The Morgan fingerprint density at radius 3 is 2.79 bits per heavy atom. The van der Waals surface area contributed by atoms with Gasteiger partial charge >= 0.3 is 0 Å². The molecule has 2 N–H and O–H groups in total. The van der Waals surface area contributed by atoms with E-state index in [1.165, 1.54) is 25.3 Å². The molecule has 1 aromatic carbocycles. The molecule has 0 amide bonds. The van der Waals surface area contributed by atoms with Gasteiger partial charge in [-0.05, 0) is 44.6 Å². The third-order valence-electron chi connectivity index (χ3n) is 4.12. The van der Waals surface area contributed by atoms with Crippen LogP contribution in [-0.2, 0) is 0 Å². The van der Waals surface area contributed by atoms with Crippen LogP contribution in [0.3, 0.4) is 0 Å². The summed E-state index contributed by atoms with van der Waals surface area (Å²) in [7, 11) is 0. The van der Waals surface area contributed by atoms with Gasteiger partial charge in [0.25, 0.3) is 0 Å². The molecule has 0 radical (unpaired) electrons. The molecule has 0 aliphatic heterocycles. The number of halogens is 1. The van der Waals surface area contributed by atoms with Gasteiger partial charge in [-0.2, -0.15) is 0 Å². The Labute approximate surface area is 115 Å². The first kappa shape index (κ1) is 14.3. The highest BCUT2D eigenvalue weighted by atomic mass is 19.1. The van der Waals surface area contributed by atoms with E-state index < -0.39 is 0 Å². The van der Waals surface area contributed by atoms with Gasteiger partial charge < -0.3 is 10.5 Å². The summed E-state index contributed by atoms with van der Waals surface area (Å²) in [5.41, 5.74) is 6.67. The van der Waals surface area contributed by atoms with Crippen LogP contribution in [0.5, 0.6) is 5.75 Å². The van der Waals surface area contributed by atoms with Gasteiger partial charge in [0.2, 0.25) is 0 Å². The molecule has 0 bridgehead atoms. The van der Waals surface area contributed by atoms with Crippen molar-refractivity contribution in [3.8, 4) is 5.75 Å². The minimum Gasteiger partial charge on any atom is -0.487 e. The van der Waals surface area contributed by atoms with E-state index in [4.69, 9.17) is 10.5 Å². The van der Waals surface area contributed by atoms with Crippen LogP contribution in [0.4, 0.5) is 4.39 Å². The Bertz CT molecular complexity index is 419. The first-order valence-corrected chi connectivity index (χ1v) is 7.34. The predicted octanol–water partition coefficient (Wildman–Crippen LogP) is 4.19. The van der Waals surface area contributed by atoms with Crippen molar-refractivity contribution in [3.05, 3.63) is 29.6 Å². The van der Waals surface area contributed by atoms with Crippen LogP contribution in [-0.4, -0.2) is 6.10 Å². The molecular weight excluding hydrogens is 241 g/mol. The van der Waals surface area contributed by atoms with Crippen molar-refractivity contribution in [2.24, 2.45) is 11.7 Å². The van der Waals surface area contributed by atoms with Gasteiger partial charge in [0, 0.05) is 11.6 Å². The molecule has 2 rings (SSSR count). The van der Waals surface area contributed by atoms with Gasteiger partial charge in [-0.25, -0.2) is 4.39 Å². The Hall–Kier alpha value is -1.09. The monoisotopic (exact) mass is 265 g/mol. The molecule has 1 aliphatic carbocycles. The molecule has 3 atom stereocenters. The molecule has 3 unspecified atom stereocenters. The molecule has 0 spiro atoms. The fraction of sp³-hybridized carbons (Fsp3) is 0.625. The summed E-state index contributed by atoms with van der Waals surface area (Å²) in [5.74, 6) is 0.604. The van der Waals surface area contributed by atoms with Gasteiger partial charge in [0.05, 0.1) is 0 Å². The van der Waals surface area contributed by atoms with E-state index in [0.717, 1.165) is 18.4 Å².